The summed E-state index contributed by atoms with van der Waals surface area (Å²) in [6, 6.07) is 1.77. The number of nitrogens with zero attached hydrogens (tertiary/aromatic N) is 2. The van der Waals surface area contributed by atoms with Crippen molar-refractivity contribution in [3.05, 3.63) is 18.0 Å². The van der Waals surface area contributed by atoms with Gasteiger partial charge in [-0.1, -0.05) is 13.8 Å². The number of carbonyl (C=O) groups is 1. The number of methoxy groups -OCH3 is 1. The number of aryl methyl sites for hydroxylation is 1. The van der Waals surface area contributed by atoms with E-state index < -0.39 is 0 Å². The first-order valence-electron chi connectivity index (χ1n) is 5.37. The van der Waals surface area contributed by atoms with Gasteiger partial charge in [-0.2, -0.15) is 5.10 Å². The molecule has 90 valence electrons. The summed E-state index contributed by atoms with van der Waals surface area (Å²) in [5, 5.41) is 7.31. The van der Waals surface area contributed by atoms with Crippen LogP contribution in [0.15, 0.2) is 12.3 Å². The highest BCUT2D eigenvalue weighted by atomic mass is 16.5. The molecule has 16 heavy (non-hydrogen) atoms. The van der Waals surface area contributed by atoms with Gasteiger partial charge in [0.1, 0.15) is 6.04 Å². The first-order chi connectivity index (χ1) is 7.54. The molecule has 0 radical (unpaired) electrons. The molecule has 0 fully saturated rings. The summed E-state index contributed by atoms with van der Waals surface area (Å²) in [6.07, 6.45) is 1.72. The summed E-state index contributed by atoms with van der Waals surface area (Å²) in [5.74, 6) is -0.261. The van der Waals surface area contributed by atoms with E-state index in [-0.39, 0.29) is 18.1 Å². The highest BCUT2D eigenvalue weighted by Crippen LogP contribution is 2.01. The Bertz CT molecular complexity index is 347. The van der Waals surface area contributed by atoms with Crippen molar-refractivity contribution in [3.63, 3.8) is 0 Å². The molecule has 0 aromatic carbocycles. The summed E-state index contributed by atoms with van der Waals surface area (Å²) >= 11 is 0. The van der Waals surface area contributed by atoms with Gasteiger partial charge in [-0.25, -0.2) is 0 Å². The molecule has 1 heterocycles. The summed E-state index contributed by atoms with van der Waals surface area (Å²) in [6.45, 7) is 6.43. The lowest BCUT2D eigenvalue weighted by molar-refractivity contribution is -0.143. The van der Waals surface area contributed by atoms with Crippen LogP contribution in [0.1, 0.15) is 19.5 Å². The van der Waals surface area contributed by atoms with E-state index in [1.54, 1.807) is 10.9 Å². The topological polar surface area (TPSA) is 56.2 Å². The fourth-order valence-electron chi connectivity index (χ4n) is 1.50. The molecule has 0 bridgehead atoms. The van der Waals surface area contributed by atoms with Gasteiger partial charge in [-0.15, -0.1) is 0 Å². The summed E-state index contributed by atoms with van der Waals surface area (Å²) in [5.41, 5.74) is 1.03. The smallest absolute Gasteiger partial charge is 0.324 e. The third-order valence-electron chi connectivity index (χ3n) is 2.30. The molecule has 1 unspecified atom stereocenters. The maximum absolute atomic E-state index is 11.6. The number of esters is 1. The van der Waals surface area contributed by atoms with Crippen molar-refractivity contribution in [3.8, 4) is 0 Å². The van der Waals surface area contributed by atoms with Gasteiger partial charge in [0.25, 0.3) is 0 Å². The van der Waals surface area contributed by atoms with Crippen LogP contribution in [0.3, 0.4) is 0 Å². The molecule has 0 spiro atoms. The van der Waals surface area contributed by atoms with Crippen LogP contribution in [0.5, 0.6) is 0 Å². The molecular weight excluding hydrogens is 206 g/mol. The van der Waals surface area contributed by atoms with E-state index >= 15 is 0 Å². The number of carbonyl (C=O) groups excluding carboxylic acids is 1. The minimum absolute atomic E-state index is 0.222. The number of hydrogen-bond acceptors (Lipinski definition) is 4. The predicted molar refractivity (Wildman–Crippen MR) is 61.0 cm³/mol. The Morgan fingerprint density at radius 3 is 2.75 bits per heavy atom. The molecule has 1 atom stereocenters. The van der Waals surface area contributed by atoms with Gasteiger partial charge in [-0.3, -0.25) is 9.48 Å². The highest BCUT2D eigenvalue weighted by Gasteiger charge is 2.20. The molecule has 0 aliphatic rings. The van der Waals surface area contributed by atoms with Gasteiger partial charge in [0.05, 0.1) is 13.7 Å². The second-order valence-corrected chi connectivity index (χ2v) is 4.05. The maximum Gasteiger partial charge on any atom is 0.324 e. The highest BCUT2D eigenvalue weighted by molar-refractivity contribution is 5.75. The lowest BCUT2D eigenvalue weighted by Crippen LogP contribution is -2.44. The van der Waals surface area contributed by atoms with Crippen LogP contribution in [-0.2, 0) is 16.1 Å². The molecule has 0 amide bonds. The van der Waals surface area contributed by atoms with Crippen molar-refractivity contribution in [1.82, 2.24) is 15.1 Å². The van der Waals surface area contributed by atoms with Gasteiger partial charge in [0, 0.05) is 17.9 Å². The Balaban J connectivity index is 2.70. The molecule has 1 aromatic heterocycles. The van der Waals surface area contributed by atoms with E-state index in [4.69, 9.17) is 4.74 Å². The molecule has 5 nitrogen and oxygen atoms in total. The summed E-state index contributed by atoms with van der Waals surface area (Å²) in [4.78, 5) is 11.6. The van der Waals surface area contributed by atoms with Gasteiger partial charge in [0.15, 0.2) is 0 Å². The normalized spacial score (nSPS) is 12.8. The first-order valence-corrected chi connectivity index (χ1v) is 5.37. The number of hydrogen-bond donors (Lipinski definition) is 1. The monoisotopic (exact) mass is 225 g/mol. The lowest BCUT2D eigenvalue weighted by Gasteiger charge is -2.19. The van der Waals surface area contributed by atoms with Crippen LogP contribution in [-0.4, -0.2) is 34.9 Å². The van der Waals surface area contributed by atoms with Gasteiger partial charge >= 0.3 is 5.97 Å². The molecule has 5 heteroatoms. The zero-order valence-electron chi connectivity index (χ0n) is 10.2. The minimum Gasteiger partial charge on any atom is -0.468 e. The van der Waals surface area contributed by atoms with Crippen molar-refractivity contribution in [2.75, 3.05) is 7.11 Å². The second kappa shape index (κ2) is 5.65. The fraction of sp³-hybridized carbons (Fsp3) is 0.636. The van der Waals surface area contributed by atoms with Crippen LogP contribution in [0.25, 0.3) is 0 Å². The standard InChI is InChI=1S/C11H19N3O2/c1-8(2)13-10(11(15)16-4)7-14-9(3)5-6-12-14/h5-6,8,10,13H,7H2,1-4H3. The summed E-state index contributed by atoms with van der Waals surface area (Å²) < 4.78 is 6.55. The Labute approximate surface area is 95.8 Å². The largest absolute Gasteiger partial charge is 0.468 e. The molecular formula is C11H19N3O2. The Hall–Kier alpha value is -1.36. The maximum atomic E-state index is 11.6. The van der Waals surface area contributed by atoms with E-state index in [0.717, 1.165) is 5.69 Å². The third kappa shape index (κ3) is 3.34. The Kier molecular flexibility index (Phi) is 4.49. The van der Waals surface area contributed by atoms with E-state index in [1.807, 2.05) is 26.8 Å². The van der Waals surface area contributed by atoms with E-state index in [1.165, 1.54) is 7.11 Å². The van der Waals surface area contributed by atoms with E-state index in [2.05, 4.69) is 10.4 Å². The average Bonchev–Trinajstić information content (AvgIpc) is 2.61. The van der Waals surface area contributed by atoms with E-state index in [0.29, 0.717) is 6.54 Å². The van der Waals surface area contributed by atoms with Crippen molar-refractivity contribution in [2.45, 2.75) is 39.4 Å². The average molecular weight is 225 g/mol. The molecule has 0 aliphatic heterocycles. The van der Waals surface area contributed by atoms with Crippen molar-refractivity contribution < 1.29 is 9.53 Å². The quantitative estimate of drug-likeness (QED) is 0.751. The van der Waals surface area contributed by atoms with Crippen LogP contribution >= 0.6 is 0 Å². The Morgan fingerprint density at radius 1 is 1.62 bits per heavy atom. The summed E-state index contributed by atoms with van der Waals surface area (Å²) in [7, 11) is 1.40. The number of ether oxygens (including phenoxy) is 1. The lowest BCUT2D eigenvalue weighted by atomic mass is 10.2. The molecule has 1 N–H and O–H groups in total. The molecule has 1 aromatic rings. The van der Waals surface area contributed by atoms with Crippen LogP contribution in [0.4, 0.5) is 0 Å². The van der Waals surface area contributed by atoms with Gasteiger partial charge in [-0.05, 0) is 13.0 Å². The van der Waals surface area contributed by atoms with Crippen molar-refractivity contribution >= 4 is 5.97 Å². The number of aromatic nitrogens is 2. The van der Waals surface area contributed by atoms with Crippen molar-refractivity contribution in [1.29, 1.82) is 0 Å². The van der Waals surface area contributed by atoms with Crippen LogP contribution in [0, 0.1) is 6.92 Å². The predicted octanol–water partition coefficient (Wildman–Crippen LogP) is 0.731. The molecule has 0 saturated heterocycles. The second-order valence-electron chi connectivity index (χ2n) is 4.05. The molecule has 1 rings (SSSR count). The SMILES string of the molecule is COC(=O)C(Cn1nccc1C)NC(C)C. The van der Waals surface area contributed by atoms with E-state index in [9.17, 15) is 4.79 Å². The van der Waals surface area contributed by atoms with Gasteiger partial charge < -0.3 is 10.1 Å². The van der Waals surface area contributed by atoms with Crippen molar-refractivity contribution in [2.24, 2.45) is 0 Å². The first kappa shape index (κ1) is 12.7. The number of rotatable bonds is 5. The zero-order chi connectivity index (χ0) is 12.1. The van der Waals surface area contributed by atoms with Gasteiger partial charge in [0.2, 0.25) is 0 Å². The van der Waals surface area contributed by atoms with Crippen LogP contribution < -0.4 is 5.32 Å². The number of nitrogens with one attached hydrogen (secondary N) is 1. The van der Waals surface area contributed by atoms with Crippen LogP contribution in [0.2, 0.25) is 0 Å². The third-order valence-corrected chi connectivity index (χ3v) is 2.30. The zero-order valence-corrected chi connectivity index (χ0v) is 10.2. The molecule has 0 aliphatic carbocycles. The fourth-order valence-corrected chi connectivity index (χ4v) is 1.50. The molecule has 0 saturated carbocycles. The Morgan fingerprint density at radius 2 is 2.31 bits per heavy atom. The minimum atomic E-state index is -0.358.